The molecule has 0 radical (unpaired) electrons. The van der Waals surface area contributed by atoms with Gasteiger partial charge in [0, 0.05) is 14.1 Å². The molecule has 7 nitrogen and oxygen atoms in total. The molecule has 0 aliphatic carbocycles. The third-order valence-electron chi connectivity index (χ3n) is 2.41. The van der Waals surface area contributed by atoms with E-state index in [9.17, 15) is 13.2 Å². The van der Waals surface area contributed by atoms with E-state index in [1.807, 2.05) is 6.92 Å². The number of likely N-dealkylation sites (N-methyl/N-ethyl adjacent to an activating group) is 1. The number of hydrogen-bond donors (Lipinski definition) is 0. The van der Waals surface area contributed by atoms with E-state index in [0.29, 0.717) is 0 Å². The molecular weight excluding hydrogens is 296 g/mol. The van der Waals surface area contributed by atoms with Crippen molar-refractivity contribution in [3.05, 3.63) is 29.8 Å². The second-order valence-electron chi connectivity index (χ2n) is 4.37. The zero-order valence-corrected chi connectivity index (χ0v) is 13.2. The van der Waals surface area contributed by atoms with Gasteiger partial charge in [-0.05, 0) is 31.1 Å². The molecule has 0 aliphatic heterocycles. The van der Waals surface area contributed by atoms with Crippen LogP contribution >= 0.6 is 0 Å². The molecule has 0 fully saturated rings. The third-order valence-corrected chi connectivity index (χ3v) is 3.53. The number of rotatable bonds is 4. The maximum absolute atomic E-state index is 12.0. The van der Waals surface area contributed by atoms with Crippen LogP contribution in [0.5, 0.6) is 0 Å². The Balaban J connectivity index is 2.98. The van der Waals surface area contributed by atoms with Gasteiger partial charge >= 0.3 is 16.1 Å². The Labute approximate surface area is 124 Å². The van der Waals surface area contributed by atoms with Crippen LogP contribution in [0.25, 0.3) is 0 Å². The van der Waals surface area contributed by atoms with Gasteiger partial charge in [0.1, 0.15) is 4.90 Å². The fourth-order valence-corrected chi connectivity index (χ4v) is 2.05. The second kappa shape index (κ2) is 7.07. The number of esters is 1. The van der Waals surface area contributed by atoms with Crippen molar-refractivity contribution in [1.29, 1.82) is 0 Å². The normalized spacial score (nSPS) is 11.9. The van der Waals surface area contributed by atoms with Gasteiger partial charge in [0.2, 0.25) is 0 Å². The number of amidine groups is 1. The summed E-state index contributed by atoms with van der Waals surface area (Å²) >= 11 is 0. The summed E-state index contributed by atoms with van der Waals surface area (Å²) < 4.78 is 33.2. The maximum Gasteiger partial charge on any atom is 0.377 e. The molecule has 0 amide bonds. The SMILES string of the molecule is CCOC(=O)C(=NOS(=O)(=O)c1ccc(C)cc1)N(C)C. The van der Waals surface area contributed by atoms with Crippen LogP contribution in [0, 0.1) is 6.92 Å². The molecule has 0 N–H and O–H groups in total. The molecule has 0 heterocycles. The number of benzene rings is 1. The summed E-state index contributed by atoms with van der Waals surface area (Å²) in [6.45, 7) is 3.62. The average Bonchev–Trinajstić information content (AvgIpc) is 2.39. The van der Waals surface area contributed by atoms with Gasteiger partial charge in [-0.15, -0.1) is 0 Å². The summed E-state index contributed by atoms with van der Waals surface area (Å²) in [7, 11) is -1.03. The van der Waals surface area contributed by atoms with Crippen molar-refractivity contribution in [3.63, 3.8) is 0 Å². The van der Waals surface area contributed by atoms with Gasteiger partial charge in [-0.1, -0.05) is 17.7 Å². The highest BCUT2D eigenvalue weighted by Crippen LogP contribution is 2.13. The number of oxime groups is 1. The summed E-state index contributed by atoms with van der Waals surface area (Å²) in [5, 5.41) is 3.39. The number of nitrogens with zero attached hydrogens (tertiary/aromatic N) is 2. The van der Waals surface area contributed by atoms with Gasteiger partial charge in [0.15, 0.2) is 0 Å². The minimum absolute atomic E-state index is 0.0428. The summed E-state index contributed by atoms with van der Waals surface area (Å²) in [5.74, 6) is -1.01. The maximum atomic E-state index is 12.0. The topological polar surface area (TPSA) is 85.3 Å². The van der Waals surface area contributed by atoms with E-state index < -0.39 is 16.1 Å². The molecule has 0 aliphatic rings. The molecule has 0 spiro atoms. The summed E-state index contributed by atoms with van der Waals surface area (Å²) in [6, 6.07) is 6.08. The molecule has 1 aromatic carbocycles. The number of hydrogen-bond acceptors (Lipinski definition) is 6. The van der Waals surface area contributed by atoms with E-state index in [4.69, 9.17) is 4.74 Å². The molecule has 1 aromatic rings. The largest absolute Gasteiger partial charge is 0.460 e. The van der Waals surface area contributed by atoms with Crippen LogP contribution in [-0.4, -0.2) is 45.8 Å². The van der Waals surface area contributed by atoms with Crippen molar-refractivity contribution in [2.45, 2.75) is 18.7 Å². The molecule has 0 aromatic heterocycles. The Hall–Kier alpha value is -2.09. The summed E-state index contributed by atoms with van der Waals surface area (Å²) in [5.41, 5.74) is 0.915. The van der Waals surface area contributed by atoms with Crippen molar-refractivity contribution >= 4 is 21.9 Å². The lowest BCUT2D eigenvalue weighted by molar-refractivity contribution is -0.135. The molecule has 0 unspecified atom stereocenters. The van der Waals surface area contributed by atoms with E-state index in [1.165, 1.54) is 31.1 Å². The van der Waals surface area contributed by atoms with E-state index in [0.717, 1.165) is 5.56 Å². The van der Waals surface area contributed by atoms with Crippen LogP contribution in [0.1, 0.15) is 12.5 Å². The highest BCUT2D eigenvalue weighted by molar-refractivity contribution is 7.86. The standard InChI is InChI=1S/C13H18N2O5S/c1-5-19-13(16)12(15(3)4)14-20-21(17,18)11-8-6-10(2)7-9-11/h6-9H,5H2,1-4H3. The third kappa shape index (κ3) is 4.75. The molecule has 0 bridgehead atoms. The van der Waals surface area contributed by atoms with E-state index in [2.05, 4.69) is 9.44 Å². The fraction of sp³-hybridized carbons (Fsp3) is 0.385. The second-order valence-corrected chi connectivity index (χ2v) is 5.90. The van der Waals surface area contributed by atoms with Crippen molar-refractivity contribution in [2.75, 3.05) is 20.7 Å². The van der Waals surface area contributed by atoms with E-state index in [-0.39, 0.29) is 17.3 Å². The molecule has 0 atom stereocenters. The van der Waals surface area contributed by atoms with Gasteiger partial charge in [-0.25, -0.2) is 4.79 Å². The highest BCUT2D eigenvalue weighted by Gasteiger charge is 2.20. The zero-order valence-electron chi connectivity index (χ0n) is 12.4. The first-order chi connectivity index (χ1) is 9.77. The first kappa shape index (κ1) is 17.0. The summed E-state index contributed by atoms with van der Waals surface area (Å²) in [4.78, 5) is 12.9. The average molecular weight is 314 g/mol. The van der Waals surface area contributed by atoms with Crippen LogP contribution in [0.4, 0.5) is 0 Å². The molecule has 1 rings (SSSR count). The number of ether oxygens (including phenoxy) is 1. The fourth-order valence-electron chi connectivity index (χ4n) is 1.33. The lowest BCUT2D eigenvalue weighted by atomic mass is 10.2. The van der Waals surface area contributed by atoms with Crippen molar-refractivity contribution in [1.82, 2.24) is 4.90 Å². The van der Waals surface area contributed by atoms with Crippen molar-refractivity contribution in [3.8, 4) is 0 Å². The molecular formula is C13H18N2O5S. The molecule has 21 heavy (non-hydrogen) atoms. The van der Waals surface area contributed by atoms with E-state index in [1.54, 1.807) is 19.1 Å². The number of carbonyl (C=O) groups is 1. The summed E-state index contributed by atoms with van der Waals surface area (Å²) in [6.07, 6.45) is 0. The van der Waals surface area contributed by atoms with Crippen LogP contribution < -0.4 is 0 Å². The van der Waals surface area contributed by atoms with Crippen LogP contribution in [-0.2, 0) is 23.9 Å². The van der Waals surface area contributed by atoms with E-state index >= 15 is 0 Å². The lowest BCUT2D eigenvalue weighted by Crippen LogP contribution is -2.32. The first-order valence-electron chi connectivity index (χ1n) is 6.20. The van der Waals surface area contributed by atoms with Gasteiger partial charge in [0.25, 0.3) is 5.84 Å². The van der Waals surface area contributed by atoms with Crippen LogP contribution in [0.2, 0.25) is 0 Å². The number of carbonyl (C=O) groups excluding carboxylic acids is 1. The van der Waals surface area contributed by atoms with Crippen molar-refractivity contribution < 1.29 is 22.2 Å². The Morgan fingerprint density at radius 3 is 2.29 bits per heavy atom. The predicted octanol–water partition coefficient (Wildman–Crippen LogP) is 1.14. The smallest absolute Gasteiger partial charge is 0.377 e. The van der Waals surface area contributed by atoms with Crippen LogP contribution in [0.15, 0.2) is 34.3 Å². The van der Waals surface area contributed by atoms with Gasteiger partial charge in [-0.2, -0.15) is 8.42 Å². The predicted molar refractivity (Wildman–Crippen MR) is 77.2 cm³/mol. The first-order valence-corrected chi connectivity index (χ1v) is 7.61. The Bertz CT molecular complexity index is 620. The monoisotopic (exact) mass is 314 g/mol. The number of aryl methyl sites for hydroxylation is 1. The van der Waals surface area contributed by atoms with Gasteiger partial charge < -0.3 is 9.64 Å². The van der Waals surface area contributed by atoms with Gasteiger partial charge in [0.05, 0.1) is 6.61 Å². The van der Waals surface area contributed by atoms with Crippen molar-refractivity contribution in [2.24, 2.45) is 5.16 Å². The Morgan fingerprint density at radius 1 is 1.24 bits per heavy atom. The van der Waals surface area contributed by atoms with Gasteiger partial charge in [-0.3, -0.25) is 4.28 Å². The Morgan fingerprint density at radius 2 is 1.81 bits per heavy atom. The van der Waals surface area contributed by atoms with Crippen LogP contribution in [0.3, 0.4) is 0 Å². The zero-order chi connectivity index (χ0) is 16.0. The minimum atomic E-state index is -4.08. The minimum Gasteiger partial charge on any atom is -0.460 e. The molecule has 0 saturated carbocycles. The lowest BCUT2D eigenvalue weighted by Gasteiger charge is -2.13. The Kier molecular flexibility index (Phi) is 5.71. The molecule has 116 valence electrons. The molecule has 8 heteroatoms. The quantitative estimate of drug-likeness (QED) is 0.358. The highest BCUT2D eigenvalue weighted by atomic mass is 32.2. The molecule has 0 saturated heterocycles.